The Balaban J connectivity index is 1.48. The van der Waals surface area contributed by atoms with E-state index >= 15 is 0 Å². The largest absolute Gasteiger partial charge is 0.507 e. The van der Waals surface area contributed by atoms with Crippen LogP contribution in [0.5, 0.6) is 5.75 Å². The van der Waals surface area contributed by atoms with E-state index in [0.29, 0.717) is 29.9 Å². The highest BCUT2D eigenvalue weighted by molar-refractivity contribution is 5.98. The van der Waals surface area contributed by atoms with Crippen LogP contribution >= 0.6 is 0 Å². The molecule has 0 unspecified atom stereocenters. The highest BCUT2D eigenvalue weighted by atomic mass is 19.1. The summed E-state index contributed by atoms with van der Waals surface area (Å²) in [6, 6.07) is 0.927. The van der Waals surface area contributed by atoms with Gasteiger partial charge in [-0.15, -0.1) is 0 Å². The Morgan fingerprint density at radius 1 is 1.28 bits per heavy atom. The number of amides is 1. The minimum absolute atomic E-state index is 0.101. The molecule has 2 saturated carbocycles. The second kappa shape index (κ2) is 8.11. The molecule has 9 nitrogen and oxygen atoms in total. The number of phenols is 1. The van der Waals surface area contributed by atoms with E-state index in [0.717, 1.165) is 19.3 Å². The van der Waals surface area contributed by atoms with Gasteiger partial charge < -0.3 is 29.7 Å². The first-order valence-corrected chi connectivity index (χ1v) is 12.4. The number of rotatable bonds is 5. The Kier molecular flexibility index (Phi) is 5.50. The van der Waals surface area contributed by atoms with Crippen molar-refractivity contribution in [2.75, 3.05) is 18.0 Å². The minimum Gasteiger partial charge on any atom is -0.507 e. The molecule has 1 aromatic heterocycles. The molecule has 2 heterocycles. The second-order valence-corrected chi connectivity index (χ2v) is 11.4. The van der Waals surface area contributed by atoms with Crippen molar-refractivity contribution in [2.45, 2.75) is 76.7 Å². The van der Waals surface area contributed by atoms with Crippen molar-refractivity contribution in [3.8, 4) is 5.75 Å². The normalized spacial score (nSPS) is 24.6. The lowest BCUT2D eigenvalue weighted by molar-refractivity contribution is 0.0477. The van der Waals surface area contributed by atoms with Gasteiger partial charge in [-0.25, -0.2) is 14.0 Å². The highest BCUT2D eigenvalue weighted by Gasteiger charge is 2.53. The molecule has 3 atom stereocenters. The van der Waals surface area contributed by atoms with E-state index in [1.165, 1.54) is 16.8 Å². The number of aromatic carboxylic acids is 1. The lowest BCUT2D eigenvalue weighted by Crippen LogP contribution is -2.45. The van der Waals surface area contributed by atoms with Crippen molar-refractivity contribution in [3.63, 3.8) is 0 Å². The molecule has 2 aliphatic carbocycles. The molecule has 194 valence electrons. The predicted octanol–water partition coefficient (Wildman–Crippen LogP) is 3.88. The van der Waals surface area contributed by atoms with Gasteiger partial charge in [0.1, 0.15) is 23.1 Å². The fourth-order valence-corrected chi connectivity index (χ4v) is 5.57. The van der Waals surface area contributed by atoms with Gasteiger partial charge in [0, 0.05) is 48.9 Å². The van der Waals surface area contributed by atoms with Crippen LogP contribution in [-0.2, 0) is 4.74 Å². The van der Waals surface area contributed by atoms with Gasteiger partial charge in [-0.2, -0.15) is 0 Å². The molecule has 10 heteroatoms. The smallest absolute Gasteiger partial charge is 0.408 e. The standard InChI is InChI=1S/C26H32FN3O6/c1-13-17(29-8-5-14(11-29)26(6-7-26)28-24(35)36-25(2,3)4)10-19(31)20-21(13)30(18-9-16(18)27)12-15(22(20)32)23(33)34/h10,12,14,16,18,31H,5-9,11H2,1-4H3,(H,28,35)(H,33,34)/t14-,16+,18-/m1/s1. The van der Waals surface area contributed by atoms with Crippen molar-refractivity contribution in [1.82, 2.24) is 9.88 Å². The number of aryl methyl sites for hydroxylation is 1. The lowest BCUT2D eigenvalue weighted by Gasteiger charge is -2.28. The summed E-state index contributed by atoms with van der Waals surface area (Å²) >= 11 is 0. The van der Waals surface area contributed by atoms with Crippen LogP contribution in [0.25, 0.3) is 10.9 Å². The number of pyridine rings is 1. The van der Waals surface area contributed by atoms with Crippen LogP contribution in [0.2, 0.25) is 0 Å². The van der Waals surface area contributed by atoms with Gasteiger partial charge in [-0.1, -0.05) is 0 Å². The third-order valence-electron chi connectivity index (χ3n) is 7.62. The molecule has 1 saturated heterocycles. The van der Waals surface area contributed by atoms with E-state index in [9.17, 15) is 29.0 Å². The lowest BCUT2D eigenvalue weighted by atomic mass is 9.96. The van der Waals surface area contributed by atoms with Gasteiger partial charge in [0.25, 0.3) is 0 Å². The van der Waals surface area contributed by atoms with Crippen LogP contribution in [0.15, 0.2) is 17.1 Å². The molecule has 3 fully saturated rings. The number of carbonyl (C=O) groups is 2. The summed E-state index contributed by atoms with van der Waals surface area (Å²) < 4.78 is 21.0. The maximum Gasteiger partial charge on any atom is 0.408 e. The number of benzene rings is 1. The third kappa shape index (κ3) is 4.16. The molecule has 0 bridgehead atoms. The zero-order chi connectivity index (χ0) is 26.2. The number of phenolic OH excluding ortho intramolecular Hbond substituents is 1. The van der Waals surface area contributed by atoms with Gasteiger partial charge in [0.2, 0.25) is 5.43 Å². The van der Waals surface area contributed by atoms with E-state index in [2.05, 4.69) is 10.2 Å². The third-order valence-corrected chi connectivity index (χ3v) is 7.62. The molecule has 5 rings (SSSR count). The summed E-state index contributed by atoms with van der Waals surface area (Å²) in [4.78, 5) is 39.1. The highest BCUT2D eigenvalue weighted by Crippen LogP contribution is 2.48. The Morgan fingerprint density at radius 2 is 1.94 bits per heavy atom. The molecular formula is C26H32FN3O6. The maximum absolute atomic E-state index is 14.1. The number of fused-ring (bicyclic) bond motifs is 1. The molecule has 1 aliphatic heterocycles. The number of nitrogens with zero attached hydrogens (tertiary/aromatic N) is 2. The molecule has 1 amide bonds. The molecule has 0 radical (unpaired) electrons. The first-order valence-electron chi connectivity index (χ1n) is 12.4. The van der Waals surface area contributed by atoms with Crippen molar-refractivity contribution in [2.24, 2.45) is 5.92 Å². The summed E-state index contributed by atoms with van der Waals surface area (Å²) in [5.41, 5.74) is -0.425. The number of alkyl carbamates (subject to hydrolysis) is 1. The fraction of sp³-hybridized carbons (Fsp3) is 0.577. The van der Waals surface area contributed by atoms with Gasteiger partial charge >= 0.3 is 12.1 Å². The van der Waals surface area contributed by atoms with Crippen LogP contribution < -0.4 is 15.6 Å². The van der Waals surface area contributed by atoms with Crippen molar-refractivity contribution in [1.29, 1.82) is 0 Å². The van der Waals surface area contributed by atoms with Gasteiger partial charge in [0.05, 0.1) is 16.9 Å². The average molecular weight is 502 g/mol. The van der Waals surface area contributed by atoms with Crippen LogP contribution in [0.4, 0.5) is 14.9 Å². The van der Waals surface area contributed by atoms with Crippen LogP contribution in [0, 0.1) is 12.8 Å². The molecule has 2 aromatic rings. The zero-order valence-electron chi connectivity index (χ0n) is 20.9. The molecule has 0 spiro atoms. The average Bonchev–Trinajstić information content (AvgIpc) is 3.64. The number of carboxylic acids is 1. The quantitative estimate of drug-likeness (QED) is 0.569. The Morgan fingerprint density at radius 3 is 2.50 bits per heavy atom. The summed E-state index contributed by atoms with van der Waals surface area (Å²) in [7, 11) is 0. The number of ether oxygens (including phenoxy) is 1. The number of carboxylic acid groups (broad SMARTS) is 1. The van der Waals surface area contributed by atoms with Crippen LogP contribution in [0.3, 0.4) is 0 Å². The van der Waals surface area contributed by atoms with Crippen LogP contribution in [-0.4, -0.2) is 57.2 Å². The Hall–Kier alpha value is -3.30. The summed E-state index contributed by atoms with van der Waals surface area (Å²) in [6.07, 6.45) is 2.42. The number of carbonyl (C=O) groups excluding carboxylic acids is 1. The molecule has 3 N–H and O–H groups in total. The second-order valence-electron chi connectivity index (χ2n) is 11.4. The zero-order valence-corrected chi connectivity index (χ0v) is 20.9. The van der Waals surface area contributed by atoms with E-state index in [1.807, 2.05) is 27.7 Å². The van der Waals surface area contributed by atoms with Crippen molar-refractivity contribution >= 4 is 28.7 Å². The van der Waals surface area contributed by atoms with E-state index in [1.54, 1.807) is 0 Å². The number of anilines is 1. The Bertz CT molecular complexity index is 1330. The maximum atomic E-state index is 14.1. The monoisotopic (exact) mass is 501 g/mol. The number of nitrogens with one attached hydrogen (secondary N) is 1. The van der Waals surface area contributed by atoms with Crippen LogP contribution in [0.1, 0.15) is 68.4 Å². The van der Waals surface area contributed by atoms with Crippen molar-refractivity contribution < 1.29 is 28.9 Å². The molecule has 1 aromatic carbocycles. The minimum atomic E-state index is -1.41. The van der Waals surface area contributed by atoms with Gasteiger partial charge in [-0.3, -0.25) is 4.79 Å². The number of aromatic nitrogens is 1. The summed E-state index contributed by atoms with van der Waals surface area (Å²) in [5, 5.41) is 23.4. The molecule has 3 aliphatic rings. The number of halogens is 1. The first-order chi connectivity index (χ1) is 16.8. The number of hydrogen-bond donors (Lipinski definition) is 3. The first kappa shape index (κ1) is 24.4. The van der Waals surface area contributed by atoms with E-state index in [4.69, 9.17) is 4.74 Å². The van der Waals surface area contributed by atoms with Crippen molar-refractivity contribution in [3.05, 3.63) is 33.6 Å². The molecular weight excluding hydrogens is 469 g/mol. The molecule has 36 heavy (non-hydrogen) atoms. The van der Waals surface area contributed by atoms with E-state index < -0.39 is 40.9 Å². The fourth-order valence-electron chi connectivity index (χ4n) is 5.57. The van der Waals surface area contributed by atoms with E-state index in [-0.39, 0.29) is 29.0 Å². The SMILES string of the molecule is Cc1c(N2CC[C@@H](C3(NC(=O)OC(C)(C)C)CC3)C2)cc(O)c2c(=O)c(C(=O)O)cn([C@@H]3C[C@@H]3F)c12. The number of hydrogen-bond acceptors (Lipinski definition) is 6. The Labute approximate surface area is 207 Å². The number of alkyl halides is 1. The summed E-state index contributed by atoms with van der Waals surface area (Å²) in [5.74, 6) is -1.56. The predicted molar refractivity (Wildman–Crippen MR) is 132 cm³/mol. The van der Waals surface area contributed by atoms with Gasteiger partial charge in [0.15, 0.2) is 0 Å². The summed E-state index contributed by atoms with van der Waals surface area (Å²) in [6.45, 7) is 8.59. The van der Waals surface area contributed by atoms with Gasteiger partial charge in [-0.05, 0) is 52.5 Å². The topological polar surface area (TPSA) is 121 Å². The number of aromatic hydroxyl groups is 1.